The second kappa shape index (κ2) is 10.7. The Labute approximate surface area is 135 Å². The average Bonchev–Trinajstić information content (AvgIpc) is 2.66. The van der Waals surface area contributed by atoms with Gasteiger partial charge in [-0.1, -0.05) is 19.8 Å². The molecule has 0 aromatic carbocycles. The standard InChI is InChI=1S/C14H30N4.HI/c1-4-13(2)17(3)12-9-16-14(15)18-10-7-5-6-8-11-18;/h13H,4-12H2,1-3H3,(H2,15,16);1H. The van der Waals surface area contributed by atoms with Crippen molar-refractivity contribution in [1.82, 2.24) is 9.80 Å². The van der Waals surface area contributed by atoms with E-state index in [2.05, 4.69) is 35.7 Å². The van der Waals surface area contributed by atoms with Gasteiger partial charge in [0.1, 0.15) is 0 Å². The minimum Gasteiger partial charge on any atom is -0.370 e. The Balaban J connectivity index is 0.00000324. The minimum atomic E-state index is 0. The van der Waals surface area contributed by atoms with E-state index in [1.165, 1.54) is 32.1 Å². The summed E-state index contributed by atoms with van der Waals surface area (Å²) in [6, 6.07) is 0.625. The molecule has 1 unspecified atom stereocenters. The number of halogens is 1. The molecule has 1 fully saturated rings. The van der Waals surface area contributed by atoms with Crippen LogP contribution in [0.2, 0.25) is 0 Å². The van der Waals surface area contributed by atoms with E-state index in [4.69, 9.17) is 5.73 Å². The molecular weight excluding hydrogens is 351 g/mol. The van der Waals surface area contributed by atoms with Gasteiger partial charge in [0.2, 0.25) is 0 Å². The first-order valence-electron chi connectivity index (χ1n) is 7.40. The molecular formula is C14H31IN4. The normalized spacial score (nSPS) is 18.9. The molecule has 0 aromatic heterocycles. The maximum Gasteiger partial charge on any atom is 0.191 e. The van der Waals surface area contributed by atoms with Gasteiger partial charge in [0, 0.05) is 25.7 Å². The SMILES string of the molecule is CCC(C)N(C)CCN=C(N)N1CCCCCC1.I. The van der Waals surface area contributed by atoms with Crippen molar-refractivity contribution >= 4 is 29.9 Å². The molecule has 1 aliphatic rings. The molecule has 4 nitrogen and oxygen atoms in total. The Morgan fingerprint density at radius 1 is 1.26 bits per heavy atom. The summed E-state index contributed by atoms with van der Waals surface area (Å²) < 4.78 is 0. The monoisotopic (exact) mass is 382 g/mol. The summed E-state index contributed by atoms with van der Waals surface area (Å²) in [5, 5.41) is 0. The topological polar surface area (TPSA) is 44.9 Å². The van der Waals surface area contributed by atoms with E-state index in [9.17, 15) is 0 Å². The first-order valence-corrected chi connectivity index (χ1v) is 7.40. The van der Waals surface area contributed by atoms with Gasteiger partial charge in [0.15, 0.2) is 5.96 Å². The van der Waals surface area contributed by atoms with Gasteiger partial charge >= 0.3 is 0 Å². The lowest BCUT2D eigenvalue weighted by molar-refractivity contribution is 0.258. The van der Waals surface area contributed by atoms with Gasteiger partial charge in [-0.15, -0.1) is 24.0 Å². The van der Waals surface area contributed by atoms with E-state index in [0.717, 1.165) is 32.1 Å². The molecule has 0 radical (unpaired) electrons. The van der Waals surface area contributed by atoms with Gasteiger partial charge in [-0.05, 0) is 33.2 Å². The van der Waals surface area contributed by atoms with Gasteiger partial charge in [-0.2, -0.15) is 0 Å². The quantitative estimate of drug-likeness (QED) is 0.452. The second-order valence-corrected chi connectivity index (χ2v) is 5.38. The van der Waals surface area contributed by atoms with Crippen molar-refractivity contribution in [2.45, 2.75) is 52.0 Å². The Kier molecular flexibility index (Phi) is 10.7. The number of likely N-dealkylation sites (N-methyl/N-ethyl adjacent to an activating group) is 1. The highest BCUT2D eigenvalue weighted by Crippen LogP contribution is 2.09. The van der Waals surface area contributed by atoms with Crippen LogP contribution >= 0.6 is 24.0 Å². The maximum atomic E-state index is 6.07. The third kappa shape index (κ3) is 7.34. The number of guanidine groups is 1. The Morgan fingerprint density at radius 3 is 2.37 bits per heavy atom. The van der Waals surface area contributed by atoms with Gasteiger partial charge < -0.3 is 15.5 Å². The zero-order valence-corrected chi connectivity index (χ0v) is 15.1. The lowest BCUT2D eigenvalue weighted by atomic mass is 10.2. The predicted octanol–water partition coefficient (Wildman–Crippen LogP) is 2.53. The summed E-state index contributed by atoms with van der Waals surface area (Å²) in [4.78, 5) is 9.12. The van der Waals surface area contributed by atoms with E-state index < -0.39 is 0 Å². The van der Waals surface area contributed by atoms with Crippen LogP contribution in [-0.2, 0) is 0 Å². The highest BCUT2D eigenvalue weighted by atomic mass is 127. The largest absolute Gasteiger partial charge is 0.370 e. The molecule has 1 heterocycles. The average molecular weight is 382 g/mol. The summed E-state index contributed by atoms with van der Waals surface area (Å²) >= 11 is 0. The maximum absolute atomic E-state index is 6.07. The second-order valence-electron chi connectivity index (χ2n) is 5.38. The fourth-order valence-electron chi connectivity index (χ4n) is 2.25. The smallest absolute Gasteiger partial charge is 0.191 e. The van der Waals surface area contributed by atoms with Crippen molar-refractivity contribution in [3.05, 3.63) is 0 Å². The lowest BCUT2D eigenvalue weighted by Gasteiger charge is -2.24. The lowest BCUT2D eigenvalue weighted by Crippen LogP contribution is -2.39. The molecule has 19 heavy (non-hydrogen) atoms. The number of aliphatic imine (C=N–C) groups is 1. The van der Waals surface area contributed by atoms with Crippen LogP contribution in [0.5, 0.6) is 0 Å². The van der Waals surface area contributed by atoms with E-state index in [1.54, 1.807) is 0 Å². The number of hydrogen-bond donors (Lipinski definition) is 1. The summed E-state index contributed by atoms with van der Waals surface area (Å²) in [6.07, 6.45) is 6.36. The summed E-state index contributed by atoms with van der Waals surface area (Å²) in [5.74, 6) is 0.745. The van der Waals surface area contributed by atoms with E-state index in [1.807, 2.05) is 0 Å². The molecule has 0 saturated carbocycles. The Bertz CT molecular complexity index is 250. The van der Waals surface area contributed by atoms with Gasteiger partial charge in [0.25, 0.3) is 0 Å². The van der Waals surface area contributed by atoms with Crippen molar-refractivity contribution in [2.24, 2.45) is 10.7 Å². The Morgan fingerprint density at radius 2 is 1.84 bits per heavy atom. The molecule has 0 amide bonds. The molecule has 0 bridgehead atoms. The first-order chi connectivity index (χ1) is 8.65. The fourth-order valence-corrected chi connectivity index (χ4v) is 2.25. The number of nitrogens with zero attached hydrogens (tertiary/aromatic N) is 3. The molecule has 0 spiro atoms. The predicted molar refractivity (Wildman–Crippen MR) is 94.3 cm³/mol. The van der Waals surface area contributed by atoms with Gasteiger partial charge in [-0.25, -0.2) is 0 Å². The van der Waals surface area contributed by atoms with Crippen LogP contribution in [0.15, 0.2) is 4.99 Å². The summed E-state index contributed by atoms with van der Waals surface area (Å²) in [6.45, 7) is 8.43. The third-order valence-corrected chi connectivity index (χ3v) is 4.00. The van der Waals surface area contributed by atoms with Crippen LogP contribution in [0.3, 0.4) is 0 Å². The molecule has 1 saturated heterocycles. The van der Waals surface area contributed by atoms with E-state index in [-0.39, 0.29) is 24.0 Å². The molecule has 1 rings (SSSR count). The third-order valence-electron chi connectivity index (χ3n) is 4.00. The molecule has 1 aliphatic heterocycles. The summed E-state index contributed by atoms with van der Waals surface area (Å²) in [7, 11) is 2.16. The van der Waals surface area contributed by atoms with E-state index >= 15 is 0 Å². The van der Waals surface area contributed by atoms with E-state index in [0.29, 0.717) is 6.04 Å². The molecule has 0 aromatic rings. The van der Waals surface area contributed by atoms with Crippen LogP contribution in [0.25, 0.3) is 0 Å². The number of nitrogens with two attached hydrogens (primary N) is 1. The molecule has 1 atom stereocenters. The van der Waals surface area contributed by atoms with Crippen LogP contribution < -0.4 is 5.73 Å². The van der Waals surface area contributed by atoms with Crippen molar-refractivity contribution in [1.29, 1.82) is 0 Å². The van der Waals surface area contributed by atoms with Crippen LogP contribution in [0.4, 0.5) is 0 Å². The number of likely N-dealkylation sites (tertiary alicyclic amines) is 1. The zero-order chi connectivity index (χ0) is 13.4. The van der Waals surface area contributed by atoms with Gasteiger partial charge in [0.05, 0.1) is 6.54 Å². The fraction of sp³-hybridized carbons (Fsp3) is 0.929. The molecule has 5 heteroatoms. The summed E-state index contributed by atoms with van der Waals surface area (Å²) in [5.41, 5.74) is 6.07. The van der Waals surface area contributed by atoms with Crippen molar-refractivity contribution in [2.75, 3.05) is 33.2 Å². The number of rotatable bonds is 5. The molecule has 114 valence electrons. The van der Waals surface area contributed by atoms with Crippen molar-refractivity contribution < 1.29 is 0 Å². The highest BCUT2D eigenvalue weighted by molar-refractivity contribution is 14.0. The first kappa shape index (κ1) is 19.0. The zero-order valence-electron chi connectivity index (χ0n) is 12.8. The van der Waals surface area contributed by atoms with Crippen LogP contribution in [0.1, 0.15) is 46.0 Å². The van der Waals surface area contributed by atoms with Crippen LogP contribution in [-0.4, -0.2) is 55.0 Å². The van der Waals surface area contributed by atoms with Crippen molar-refractivity contribution in [3.8, 4) is 0 Å². The highest BCUT2D eigenvalue weighted by Gasteiger charge is 2.11. The van der Waals surface area contributed by atoms with Gasteiger partial charge in [-0.3, -0.25) is 4.99 Å². The Hall–Kier alpha value is -0.0400. The number of hydrogen-bond acceptors (Lipinski definition) is 2. The van der Waals surface area contributed by atoms with Crippen LogP contribution in [0, 0.1) is 0 Å². The molecule has 0 aliphatic carbocycles. The molecule has 2 N–H and O–H groups in total. The van der Waals surface area contributed by atoms with Crippen molar-refractivity contribution in [3.63, 3.8) is 0 Å². The minimum absolute atomic E-state index is 0.